The van der Waals surface area contributed by atoms with Crippen molar-refractivity contribution in [3.8, 4) is 0 Å². The minimum Gasteiger partial charge on any atom is -0.368 e. The van der Waals surface area contributed by atoms with Gasteiger partial charge in [-0.15, -0.1) is 0 Å². The number of fused-ring (bicyclic) bond motifs is 2. The highest BCUT2D eigenvalue weighted by atomic mass is 16.5. The largest absolute Gasteiger partial charge is 0.368 e. The highest BCUT2D eigenvalue weighted by Gasteiger charge is 2.45. The summed E-state index contributed by atoms with van der Waals surface area (Å²) in [6.07, 6.45) is 3.81. The average Bonchev–Trinajstić information content (AvgIpc) is 3.15. The van der Waals surface area contributed by atoms with Crippen LogP contribution < -0.4 is 4.90 Å². The smallest absolute Gasteiger partial charge is 0.251 e. The van der Waals surface area contributed by atoms with Crippen LogP contribution in [0.25, 0.3) is 0 Å². The number of rotatable bonds is 1. The average molecular weight is 328 g/mol. The molecule has 3 aliphatic heterocycles. The van der Waals surface area contributed by atoms with Gasteiger partial charge in [-0.2, -0.15) is 0 Å². The Hall–Kier alpha value is -1.88. The minimum atomic E-state index is -0.245. The second kappa shape index (κ2) is 5.88. The van der Waals surface area contributed by atoms with Crippen molar-refractivity contribution in [2.45, 2.75) is 43.6 Å². The topological polar surface area (TPSA) is 49.9 Å². The molecule has 0 radical (unpaired) electrons. The number of ether oxygens (including phenoxy) is 1. The molecule has 0 aliphatic carbocycles. The van der Waals surface area contributed by atoms with Crippen molar-refractivity contribution in [2.75, 3.05) is 31.6 Å². The van der Waals surface area contributed by atoms with Gasteiger partial charge in [0.15, 0.2) is 0 Å². The van der Waals surface area contributed by atoms with Crippen LogP contribution in [0, 0.1) is 0 Å². The van der Waals surface area contributed by atoms with Crippen LogP contribution in [-0.2, 0) is 19.7 Å². The van der Waals surface area contributed by atoms with Gasteiger partial charge < -0.3 is 14.5 Å². The Morgan fingerprint density at radius 3 is 2.71 bits per heavy atom. The predicted octanol–water partition coefficient (Wildman–Crippen LogP) is 2.09. The molecular formula is C19H24N2O3. The normalized spacial score (nSPS) is 25.9. The molecule has 3 aliphatic rings. The molecule has 4 rings (SSSR count). The van der Waals surface area contributed by atoms with Crippen LogP contribution in [-0.4, -0.2) is 49.6 Å². The number of hydrogen-bond acceptors (Lipinski definition) is 3. The van der Waals surface area contributed by atoms with Gasteiger partial charge in [-0.05, 0) is 37.3 Å². The van der Waals surface area contributed by atoms with Gasteiger partial charge in [0.2, 0.25) is 5.91 Å². The molecule has 0 aromatic heterocycles. The lowest BCUT2D eigenvalue weighted by molar-refractivity contribution is -0.142. The zero-order valence-corrected chi connectivity index (χ0v) is 14.2. The van der Waals surface area contributed by atoms with Gasteiger partial charge in [-0.25, -0.2) is 0 Å². The fourth-order valence-corrected chi connectivity index (χ4v) is 4.43. The Morgan fingerprint density at radius 1 is 1.25 bits per heavy atom. The van der Waals surface area contributed by atoms with E-state index in [1.807, 2.05) is 30.1 Å². The summed E-state index contributed by atoms with van der Waals surface area (Å²) in [6, 6.07) is 8.21. The van der Waals surface area contributed by atoms with Crippen molar-refractivity contribution in [3.05, 3.63) is 29.8 Å². The fourth-order valence-electron chi connectivity index (χ4n) is 4.43. The molecule has 2 amide bonds. The number of carbonyl (C=O) groups excluding carboxylic acids is 2. The van der Waals surface area contributed by atoms with Crippen LogP contribution in [0.15, 0.2) is 24.3 Å². The number of carbonyl (C=O) groups is 2. The van der Waals surface area contributed by atoms with Crippen molar-refractivity contribution in [2.24, 2.45) is 0 Å². The summed E-state index contributed by atoms with van der Waals surface area (Å²) in [5.74, 6) is 0.308. The summed E-state index contributed by atoms with van der Waals surface area (Å²) in [4.78, 5) is 28.7. The Kier molecular flexibility index (Phi) is 3.83. The summed E-state index contributed by atoms with van der Waals surface area (Å²) < 4.78 is 5.54. The standard InChI is InChI=1S/C19H24N2O3/c1-20-15-6-3-2-5-14(15)19(13-17(20)22)8-10-21(11-9-19)18(23)16-7-4-12-24-16/h2-3,5-6,16H,4,7-13H2,1H3/t16-/m1/s1. The van der Waals surface area contributed by atoms with E-state index in [9.17, 15) is 9.59 Å². The monoisotopic (exact) mass is 328 g/mol. The first kappa shape index (κ1) is 15.6. The van der Waals surface area contributed by atoms with Gasteiger partial charge in [0.25, 0.3) is 5.91 Å². The number of para-hydroxylation sites is 1. The van der Waals surface area contributed by atoms with E-state index in [0.717, 1.165) is 31.4 Å². The van der Waals surface area contributed by atoms with E-state index in [2.05, 4.69) is 6.07 Å². The highest BCUT2D eigenvalue weighted by molar-refractivity contribution is 5.97. The molecule has 5 nitrogen and oxygen atoms in total. The quantitative estimate of drug-likeness (QED) is 0.793. The molecule has 0 bridgehead atoms. The van der Waals surface area contributed by atoms with E-state index in [1.54, 1.807) is 4.90 Å². The zero-order chi connectivity index (χ0) is 16.7. The van der Waals surface area contributed by atoms with Gasteiger partial charge in [0.05, 0.1) is 0 Å². The summed E-state index contributed by atoms with van der Waals surface area (Å²) >= 11 is 0. The Balaban J connectivity index is 1.55. The maximum Gasteiger partial charge on any atom is 0.251 e. The first-order chi connectivity index (χ1) is 11.6. The highest BCUT2D eigenvalue weighted by Crippen LogP contribution is 2.46. The molecule has 128 valence electrons. The molecule has 3 heterocycles. The number of anilines is 1. The van der Waals surface area contributed by atoms with Crippen LogP contribution in [0.3, 0.4) is 0 Å². The van der Waals surface area contributed by atoms with E-state index in [4.69, 9.17) is 4.74 Å². The molecule has 1 aromatic carbocycles. The Bertz CT molecular complexity index is 658. The third-order valence-corrected chi connectivity index (χ3v) is 5.94. The van der Waals surface area contributed by atoms with E-state index in [1.165, 1.54) is 5.56 Å². The van der Waals surface area contributed by atoms with Crippen LogP contribution in [0.2, 0.25) is 0 Å². The first-order valence-electron chi connectivity index (χ1n) is 8.87. The van der Waals surface area contributed by atoms with Crippen LogP contribution in [0.1, 0.15) is 37.7 Å². The zero-order valence-electron chi connectivity index (χ0n) is 14.2. The minimum absolute atomic E-state index is 0.118. The molecule has 0 unspecified atom stereocenters. The number of benzene rings is 1. The molecule has 0 N–H and O–H groups in total. The van der Waals surface area contributed by atoms with Crippen molar-refractivity contribution >= 4 is 17.5 Å². The third kappa shape index (κ3) is 2.42. The number of piperidine rings is 1. The summed E-state index contributed by atoms with van der Waals surface area (Å²) in [7, 11) is 1.85. The number of hydrogen-bond donors (Lipinski definition) is 0. The van der Waals surface area contributed by atoms with Crippen LogP contribution >= 0.6 is 0 Å². The molecule has 1 aromatic rings. The van der Waals surface area contributed by atoms with E-state index >= 15 is 0 Å². The van der Waals surface area contributed by atoms with Crippen molar-refractivity contribution < 1.29 is 14.3 Å². The second-order valence-electron chi connectivity index (χ2n) is 7.25. The molecule has 24 heavy (non-hydrogen) atoms. The van der Waals surface area contributed by atoms with Gasteiger partial charge in [0.1, 0.15) is 6.10 Å². The summed E-state index contributed by atoms with van der Waals surface area (Å²) in [6.45, 7) is 2.12. The lowest BCUT2D eigenvalue weighted by Crippen LogP contribution is -2.52. The van der Waals surface area contributed by atoms with Crippen LogP contribution in [0.4, 0.5) is 5.69 Å². The molecule has 2 saturated heterocycles. The number of amides is 2. The van der Waals surface area contributed by atoms with Crippen molar-refractivity contribution in [1.82, 2.24) is 4.90 Å². The first-order valence-corrected chi connectivity index (χ1v) is 8.87. The molecule has 1 atom stereocenters. The van der Waals surface area contributed by atoms with Crippen LogP contribution in [0.5, 0.6) is 0 Å². The fraction of sp³-hybridized carbons (Fsp3) is 0.579. The molecule has 0 saturated carbocycles. The van der Waals surface area contributed by atoms with Gasteiger partial charge >= 0.3 is 0 Å². The summed E-state index contributed by atoms with van der Waals surface area (Å²) in [5, 5.41) is 0. The molecule has 5 heteroatoms. The lowest BCUT2D eigenvalue weighted by atomic mass is 9.67. The predicted molar refractivity (Wildman–Crippen MR) is 90.9 cm³/mol. The summed E-state index contributed by atoms with van der Waals surface area (Å²) in [5.41, 5.74) is 2.16. The molecular weight excluding hydrogens is 304 g/mol. The molecule has 1 spiro atoms. The van der Waals surface area contributed by atoms with E-state index in [-0.39, 0.29) is 23.3 Å². The third-order valence-electron chi connectivity index (χ3n) is 5.94. The van der Waals surface area contributed by atoms with Gasteiger partial charge in [0, 0.05) is 44.3 Å². The maximum absolute atomic E-state index is 12.6. The van der Waals surface area contributed by atoms with Gasteiger partial charge in [-0.3, -0.25) is 9.59 Å². The molecule has 2 fully saturated rings. The van der Waals surface area contributed by atoms with Crippen molar-refractivity contribution in [1.29, 1.82) is 0 Å². The Morgan fingerprint density at radius 2 is 2.00 bits per heavy atom. The number of nitrogens with zero attached hydrogens (tertiary/aromatic N) is 2. The SMILES string of the molecule is CN1C(=O)CC2(CCN(C(=O)[C@H]3CCCO3)CC2)c2ccccc21. The maximum atomic E-state index is 12.6. The van der Waals surface area contributed by atoms with Crippen molar-refractivity contribution in [3.63, 3.8) is 0 Å². The number of likely N-dealkylation sites (tertiary alicyclic amines) is 1. The van der Waals surface area contributed by atoms with E-state index in [0.29, 0.717) is 26.1 Å². The second-order valence-corrected chi connectivity index (χ2v) is 7.25. The lowest BCUT2D eigenvalue weighted by Gasteiger charge is -2.47. The van der Waals surface area contributed by atoms with Gasteiger partial charge in [-0.1, -0.05) is 18.2 Å². The Labute approximate surface area is 142 Å². The van der Waals surface area contributed by atoms with E-state index < -0.39 is 0 Å².